The summed E-state index contributed by atoms with van der Waals surface area (Å²) < 4.78 is 26.0. The Morgan fingerprint density at radius 1 is 1.21 bits per heavy atom. The normalized spacial score (nSPS) is 29.5. The lowest BCUT2D eigenvalue weighted by Crippen LogP contribution is -2.63. The molecule has 5 rings (SSSR count). The van der Waals surface area contributed by atoms with Crippen LogP contribution in [0.2, 0.25) is 0 Å². The maximum absolute atomic E-state index is 12.9. The molecule has 2 aliphatic carbocycles. The molecule has 180 valence electrons. The maximum atomic E-state index is 12.9. The lowest BCUT2D eigenvalue weighted by Gasteiger charge is -2.39. The predicted molar refractivity (Wildman–Crippen MR) is 125 cm³/mol. The van der Waals surface area contributed by atoms with Gasteiger partial charge in [0.25, 0.3) is 0 Å². The number of amides is 2. The Morgan fingerprint density at radius 3 is 2.58 bits per heavy atom. The molecule has 1 aromatic carbocycles. The number of hydrazine groups is 1. The average molecular weight is 477 g/mol. The molecule has 4 aliphatic rings. The first-order valence-electron chi connectivity index (χ1n) is 11.6. The first kappa shape index (κ1) is 22.4. The van der Waals surface area contributed by atoms with Crippen LogP contribution in [0.25, 0.3) is 0 Å². The lowest BCUT2D eigenvalue weighted by atomic mass is 9.88. The van der Waals surface area contributed by atoms with Crippen molar-refractivity contribution in [1.29, 1.82) is 0 Å². The van der Waals surface area contributed by atoms with Gasteiger partial charge in [0, 0.05) is 32.5 Å². The molecule has 2 aliphatic heterocycles. The standard InChI is InChI=1S/C22H32N6O4S/c1-27-22(30)19-16(11-18(24-20(19)26-27)25-21(29)13-6-7-13)23-15-9-8-14(12-4-5-12)10-17(15)28(2)33(3,31)32/h8-10,12-13,16,18-20,23-24,26H,4-7,11H2,1-3H3,(H,25,29). The van der Waals surface area contributed by atoms with Crippen molar-refractivity contribution >= 4 is 33.2 Å². The summed E-state index contributed by atoms with van der Waals surface area (Å²) in [5.74, 6) is 0.147. The second-order valence-electron chi connectivity index (χ2n) is 9.80. The number of sulfonamides is 1. The summed E-state index contributed by atoms with van der Waals surface area (Å²) in [6.07, 6.45) is 5.10. The van der Waals surface area contributed by atoms with Gasteiger partial charge >= 0.3 is 0 Å². The molecule has 2 saturated heterocycles. The molecule has 0 bridgehead atoms. The molecule has 2 saturated carbocycles. The van der Waals surface area contributed by atoms with Crippen LogP contribution in [-0.4, -0.2) is 64.0 Å². The van der Waals surface area contributed by atoms with Crippen LogP contribution in [0.1, 0.15) is 43.6 Å². The van der Waals surface area contributed by atoms with Crippen LogP contribution in [0.5, 0.6) is 0 Å². The highest BCUT2D eigenvalue weighted by molar-refractivity contribution is 7.92. The third kappa shape index (κ3) is 4.53. The van der Waals surface area contributed by atoms with Crippen molar-refractivity contribution < 1.29 is 18.0 Å². The van der Waals surface area contributed by atoms with E-state index in [0.717, 1.165) is 31.2 Å². The Balaban J connectivity index is 1.44. The number of nitrogens with zero attached hydrogens (tertiary/aromatic N) is 2. The number of rotatable bonds is 7. The number of hydrogen-bond donors (Lipinski definition) is 4. The molecule has 0 radical (unpaired) electrons. The number of carbonyl (C=O) groups excluding carboxylic acids is 2. The molecule has 33 heavy (non-hydrogen) atoms. The number of benzene rings is 1. The lowest BCUT2D eigenvalue weighted by molar-refractivity contribution is -0.131. The van der Waals surface area contributed by atoms with Crippen LogP contribution in [0.15, 0.2) is 18.2 Å². The Hall–Kier alpha value is -2.37. The number of carbonyl (C=O) groups is 2. The van der Waals surface area contributed by atoms with E-state index < -0.39 is 15.9 Å². The van der Waals surface area contributed by atoms with Gasteiger partial charge in [-0.2, -0.15) is 0 Å². The molecule has 4 atom stereocenters. The van der Waals surface area contributed by atoms with E-state index in [9.17, 15) is 18.0 Å². The Kier molecular flexibility index (Phi) is 5.53. The number of fused-ring (bicyclic) bond motifs is 1. The Labute approximate surface area is 194 Å². The summed E-state index contributed by atoms with van der Waals surface area (Å²) in [7, 11) is -0.238. The Morgan fingerprint density at radius 2 is 1.94 bits per heavy atom. The maximum Gasteiger partial charge on any atom is 0.244 e. The van der Waals surface area contributed by atoms with Gasteiger partial charge in [-0.1, -0.05) is 6.07 Å². The molecular formula is C22H32N6O4S. The number of nitrogens with one attached hydrogen (secondary N) is 4. The van der Waals surface area contributed by atoms with Crippen molar-refractivity contribution in [1.82, 2.24) is 21.1 Å². The summed E-state index contributed by atoms with van der Waals surface area (Å²) in [6.45, 7) is 0. The van der Waals surface area contributed by atoms with Crippen molar-refractivity contribution in [3.63, 3.8) is 0 Å². The van der Waals surface area contributed by atoms with E-state index >= 15 is 0 Å². The molecule has 2 heterocycles. The molecule has 4 N–H and O–H groups in total. The van der Waals surface area contributed by atoms with Gasteiger partial charge in [-0.15, -0.1) is 0 Å². The summed E-state index contributed by atoms with van der Waals surface area (Å²) in [5.41, 5.74) is 5.50. The highest BCUT2D eigenvalue weighted by Gasteiger charge is 2.49. The molecule has 4 unspecified atom stereocenters. The molecule has 10 nitrogen and oxygen atoms in total. The monoisotopic (exact) mass is 476 g/mol. The van der Waals surface area contributed by atoms with Crippen molar-refractivity contribution in [2.75, 3.05) is 30.0 Å². The zero-order valence-electron chi connectivity index (χ0n) is 19.2. The van der Waals surface area contributed by atoms with Crippen LogP contribution in [0, 0.1) is 11.8 Å². The number of anilines is 2. The third-order valence-electron chi connectivity index (χ3n) is 7.12. The highest BCUT2D eigenvalue weighted by atomic mass is 32.2. The molecule has 2 amide bonds. The van der Waals surface area contributed by atoms with Gasteiger partial charge in [-0.25, -0.2) is 13.8 Å². The predicted octanol–water partition coefficient (Wildman–Crippen LogP) is 0.505. The quantitative estimate of drug-likeness (QED) is 0.452. The van der Waals surface area contributed by atoms with Crippen molar-refractivity contribution in [3.05, 3.63) is 23.8 Å². The third-order valence-corrected chi connectivity index (χ3v) is 8.32. The second kappa shape index (κ2) is 8.14. The summed E-state index contributed by atoms with van der Waals surface area (Å²) >= 11 is 0. The van der Waals surface area contributed by atoms with E-state index in [0.29, 0.717) is 23.7 Å². The minimum absolute atomic E-state index is 0.0358. The van der Waals surface area contributed by atoms with Gasteiger partial charge in [0.1, 0.15) is 0 Å². The van der Waals surface area contributed by atoms with Gasteiger partial charge in [0.15, 0.2) is 0 Å². The highest BCUT2D eigenvalue weighted by Crippen LogP contribution is 2.43. The fraction of sp³-hybridized carbons (Fsp3) is 0.636. The van der Waals surface area contributed by atoms with Gasteiger partial charge in [-0.3, -0.25) is 24.2 Å². The van der Waals surface area contributed by atoms with E-state index in [1.807, 2.05) is 18.2 Å². The summed E-state index contributed by atoms with van der Waals surface area (Å²) in [5, 5.41) is 11.4. The average Bonchev–Trinajstić information content (AvgIpc) is 3.65. The van der Waals surface area contributed by atoms with Crippen LogP contribution in [0.4, 0.5) is 11.4 Å². The van der Waals surface area contributed by atoms with Crippen molar-refractivity contribution in [2.45, 2.75) is 56.4 Å². The largest absolute Gasteiger partial charge is 0.380 e. The van der Waals surface area contributed by atoms with E-state index in [4.69, 9.17) is 0 Å². The summed E-state index contributed by atoms with van der Waals surface area (Å²) in [4.78, 5) is 25.3. The molecule has 11 heteroatoms. The van der Waals surface area contributed by atoms with E-state index in [2.05, 4.69) is 21.4 Å². The summed E-state index contributed by atoms with van der Waals surface area (Å²) in [6, 6.07) is 5.58. The number of piperidine rings is 1. The zero-order chi connectivity index (χ0) is 23.5. The minimum atomic E-state index is -3.47. The van der Waals surface area contributed by atoms with Crippen LogP contribution in [-0.2, 0) is 19.6 Å². The molecule has 4 fully saturated rings. The van der Waals surface area contributed by atoms with Gasteiger partial charge in [0.2, 0.25) is 21.8 Å². The Bertz CT molecular complexity index is 1070. The van der Waals surface area contributed by atoms with E-state index in [1.165, 1.54) is 15.6 Å². The molecule has 1 aromatic rings. The molecule has 0 spiro atoms. The van der Waals surface area contributed by atoms with Gasteiger partial charge in [-0.05, 0) is 49.3 Å². The fourth-order valence-corrected chi connectivity index (χ4v) is 5.32. The molecular weight excluding hydrogens is 444 g/mol. The zero-order valence-corrected chi connectivity index (χ0v) is 20.0. The first-order chi connectivity index (χ1) is 15.6. The SMILES string of the molecule is CN1NC2NC(NC(=O)C3CC3)CC(Nc3ccc(C4CC4)cc3N(C)S(C)(=O)=O)C2C1=O. The molecule has 0 aromatic heterocycles. The van der Waals surface area contributed by atoms with Crippen LogP contribution >= 0.6 is 0 Å². The topological polar surface area (TPSA) is 123 Å². The smallest absolute Gasteiger partial charge is 0.244 e. The van der Waals surface area contributed by atoms with Crippen molar-refractivity contribution in [3.8, 4) is 0 Å². The van der Waals surface area contributed by atoms with Gasteiger partial charge in [0.05, 0.1) is 35.9 Å². The van der Waals surface area contributed by atoms with Crippen molar-refractivity contribution in [2.24, 2.45) is 11.8 Å². The second-order valence-corrected chi connectivity index (χ2v) is 11.8. The van der Waals surface area contributed by atoms with E-state index in [-0.39, 0.29) is 36.1 Å². The fourth-order valence-electron chi connectivity index (χ4n) is 4.81. The van der Waals surface area contributed by atoms with E-state index in [1.54, 1.807) is 14.1 Å². The number of hydrogen-bond acceptors (Lipinski definition) is 7. The van der Waals surface area contributed by atoms with Crippen LogP contribution < -0.4 is 25.7 Å². The van der Waals surface area contributed by atoms with Gasteiger partial charge < -0.3 is 10.6 Å². The van der Waals surface area contributed by atoms with Crippen LogP contribution in [0.3, 0.4) is 0 Å². The first-order valence-corrected chi connectivity index (χ1v) is 13.4. The minimum Gasteiger partial charge on any atom is -0.380 e.